The molecular weight excluding hydrogens is 272 g/mol. The molecule has 0 unspecified atom stereocenters. The van der Waals surface area contributed by atoms with E-state index in [1.54, 1.807) is 0 Å². The number of thiazole rings is 1. The molecule has 0 radical (unpaired) electrons. The summed E-state index contributed by atoms with van der Waals surface area (Å²) in [6.07, 6.45) is 0.807. The van der Waals surface area contributed by atoms with Crippen LogP contribution in [0.5, 0.6) is 0 Å². The van der Waals surface area contributed by atoms with E-state index in [-0.39, 0.29) is 6.42 Å². The van der Waals surface area contributed by atoms with Crippen LogP contribution in [-0.4, -0.2) is 30.2 Å². The molecule has 2 rings (SSSR count). The molecule has 2 aromatic rings. The highest BCUT2D eigenvalue weighted by atomic mass is 32.1. The normalized spacial score (nSPS) is 10.6. The quantitative estimate of drug-likeness (QED) is 0.920. The van der Waals surface area contributed by atoms with E-state index < -0.39 is 5.97 Å². The molecule has 0 atom stereocenters. The molecule has 0 spiro atoms. The van der Waals surface area contributed by atoms with Crippen LogP contribution in [0.4, 0.5) is 5.69 Å². The third-order valence-corrected chi connectivity index (χ3v) is 4.21. The highest BCUT2D eigenvalue weighted by Crippen LogP contribution is 2.22. The first-order valence-electron chi connectivity index (χ1n) is 6.39. The summed E-state index contributed by atoms with van der Waals surface area (Å²) < 4.78 is 0. The van der Waals surface area contributed by atoms with E-state index in [0.29, 0.717) is 0 Å². The van der Waals surface area contributed by atoms with Crippen LogP contribution in [0.15, 0.2) is 24.3 Å². The van der Waals surface area contributed by atoms with Gasteiger partial charge in [-0.2, -0.15) is 0 Å². The number of carboxylic acid groups (broad SMARTS) is 1. The van der Waals surface area contributed by atoms with Crippen molar-refractivity contribution in [2.24, 2.45) is 0 Å². The van der Waals surface area contributed by atoms with Crippen molar-refractivity contribution < 1.29 is 9.90 Å². The summed E-state index contributed by atoms with van der Waals surface area (Å²) in [5.74, 6) is -0.807. The fourth-order valence-corrected chi connectivity index (χ4v) is 3.05. The molecule has 0 saturated carbocycles. The second kappa shape index (κ2) is 6.05. The first kappa shape index (κ1) is 14.5. The maximum Gasteiger partial charge on any atom is 0.308 e. The van der Waals surface area contributed by atoms with Crippen molar-refractivity contribution in [2.45, 2.75) is 19.8 Å². The molecule has 5 heteroatoms. The lowest BCUT2D eigenvalue weighted by molar-refractivity contribution is -0.136. The Hall–Kier alpha value is -1.88. The van der Waals surface area contributed by atoms with Crippen LogP contribution in [0.1, 0.15) is 21.1 Å². The Kier molecular flexibility index (Phi) is 4.39. The van der Waals surface area contributed by atoms with Crippen molar-refractivity contribution in [1.29, 1.82) is 0 Å². The number of nitrogens with zero attached hydrogens (tertiary/aromatic N) is 2. The second-order valence-corrected chi connectivity index (χ2v) is 6.09. The van der Waals surface area contributed by atoms with E-state index in [1.165, 1.54) is 16.9 Å². The number of aryl methyl sites for hydroxylation is 1. The molecule has 0 aliphatic rings. The average Bonchev–Trinajstić information content (AvgIpc) is 2.69. The zero-order chi connectivity index (χ0) is 14.7. The molecular formula is C15H18N2O2S. The van der Waals surface area contributed by atoms with Crippen LogP contribution < -0.4 is 4.90 Å². The molecule has 1 aromatic heterocycles. The smallest absolute Gasteiger partial charge is 0.308 e. The molecule has 0 aliphatic heterocycles. The van der Waals surface area contributed by atoms with Crippen LogP contribution >= 0.6 is 11.3 Å². The molecule has 0 saturated heterocycles. The molecule has 0 bridgehead atoms. The van der Waals surface area contributed by atoms with Crippen molar-refractivity contribution >= 4 is 23.0 Å². The highest BCUT2D eigenvalue weighted by molar-refractivity contribution is 7.11. The lowest BCUT2D eigenvalue weighted by Crippen LogP contribution is -2.08. The Bertz CT molecular complexity index is 603. The molecule has 20 heavy (non-hydrogen) atoms. The molecule has 0 amide bonds. The second-order valence-electron chi connectivity index (χ2n) is 4.92. The molecule has 1 heterocycles. The van der Waals surface area contributed by atoms with Gasteiger partial charge in [0.05, 0.1) is 17.1 Å². The standard InChI is InChI=1S/C15H18N2O2S/c1-10-13(9-15(18)19)20-14(16-10)8-11-4-6-12(7-5-11)17(2)3/h4-7H,8-9H2,1-3H3,(H,18,19). The lowest BCUT2D eigenvalue weighted by Gasteiger charge is -2.12. The third kappa shape index (κ3) is 3.57. The van der Waals surface area contributed by atoms with Gasteiger partial charge in [0, 0.05) is 31.1 Å². The molecule has 1 N–H and O–H groups in total. The zero-order valence-electron chi connectivity index (χ0n) is 11.9. The number of benzene rings is 1. The van der Waals surface area contributed by atoms with Gasteiger partial charge in [-0.25, -0.2) is 4.98 Å². The summed E-state index contributed by atoms with van der Waals surface area (Å²) in [4.78, 5) is 18.1. The molecule has 4 nitrogen and oxygen atoms in total. The van der Waals surface area contributed by atoms with E-state index >= 15 is 0 Å². The van der Waals surface area contributed by atoms with E-state index in [9.17, 15) is 4.79 Å². The van der Waals surface area contributed by atoms with Gasteiger partial charge in [0.2, 0.25) is 0 Å². The maximum absolute atomic E-state index is 10.8. The monoisotopic (exact) mass is 290 g/mol. The molecule has 106 valence electrons. The summed E-state index contributed by atoms with van der Waals surface area (Å²) in [7, 11) is 4.02. The first-order valence-corrected chi connectivity index (χ1v) is 7.20. The van der Waals surface area contributed by atoms with Gasteiger partial charge in [-0.05, 0) is 24.6 Å². The van der Waals surface area contributed by atoms with Crippen molar-refractivity contribution in [3.8, 4) is 0 Å². The lowest BCUT2D eigenvalue weighted by atomic mass is 10.1. The number of hydrogen-bond donors (Lipinski definition) is 1. The number of aliphatic carboxylic acids is 1. The number of carbonyl (C=O) groups is 1. The van der Waals surface area contributed by atoms with Crippen LogP contribution in [0.2, 0.25) is 0 Å². The van der Waals surface area contributed by atoms with Gasteiger partial charge in [-0.1, -0.05) is 12.1 Å². The summed E-state index contributed by atoms with van der Waals surface area (Å²) in [5, 5.41) is 9.82. The van der Waals surface area contributed by atoms with E-state index in [0.717, 1.165) is 27.7 Å². The minimum absolute atomic E-state index is 0.0586. The van der Waals surface area contributed by atoms with Gasteiger partial charge in [0.25, 0.3) is 0 Å². The van der Waals surface area contributed by atoms with Crippen LogP contribution in [0, 0.1) is 6.92 Å². The van der Waals surface area contributed by atoms with Crippen molar-refractivity contribution in [3.63, 3.8) is 0 Å². The molecule has 1 aromatic carbocycles. The highest BCUT2D eigenvalue weighted by Gasteiger charge is 2.11. The van der Waals surface area contributed by atoms with Gasteiger partial charge in [0.15, 0.2) is 0 Å². The SMILES string of the molecule is Cc1nc(Cc2ccc(N(C)C)cc2)sc1CC(=O)O. The van der Waals surface area contributed by atoms with Gasteiger partial charge in [-0.15, -0.1) is 11.3 Å². The van der Waals surface area contributed by atoms with Crippen molar-refractivity contribution in [3.05, 3.63) is 45.4 Å². The molecule has 0 fully saturated rings. The molecule has 0 aliphatic carbocycles. The van der Waals surface area contributed by atoms with E-state index in [1.807, 2.05) is 21.0 Å². The first-order chi connectivity index (χ1) is 9.45. The Balaban J connectivity index is 2.11. The topological polar surface area (TPSA) is 53.4 Å². The predicted molar refractivity (Wildman–Crippen MR) is 81.8 cm³/mol. The number of hydrogen-bond acceptors (Lipinski definition) is 4. The van der Waals surface area contributed by atoms with Gasteiger partial charge < -0.3 is 10.0 Å². The Morgan fingerprint density at radius 1 is 1.30 bits per heavy atom. The van der Waals surface area contributed by atoms with Gasteiger partial charge in [0.1, 0.15) is 0 Å². The Labute approximate surface area is 122 Å². The number of carboxylic acids is 1. The van der Waals surface area contributed by atoms with Gasteiger partial charge >= 0.3 is 5.97 Å². The maximum atomic E-state index is 10.8. The van der Waals surface area contributed by atoms with Crippen LogP contribution in [-0.2, 0) is 17.6 Å². The number of aromatic nitrogens is 1. The fraction of sp³-hybridized carbons (Fsp3) is 0.333. The third-order valence-electron chi connectivity index (χ3n) is 3.06. The zero-order valence-corrected chi connectivity index (χ0v) is 12.7. The summed E-state index contributed by atoms with van der Waals surface area (Å²) >= 11 is 1.49. The number of rotatable bonds is 5. The van der Waals surface area contributed by atoms with Crippen molar-refractivity contribution in [1.82, 2.24) is 4.98 Å². The Morgan fingerprint density at radius 3 is 2.50 bits per heavy atom. The summed E-state index contributed by atoms with van der Waals surface area (Å²) in [6, 6.07) is 8.33. The predicted octanol–water partition coefficient (Wildman–Crippen LogP) is 2.74. The van der Waals surface area contributed by atoms with Crippen LogP contribution in [0.3, 0.4) is 0 Å². The minimum atomic E-state index is -0.807. The van der Waals surface area contributed by atoms with E-state index in [2.05, 4.69) is 34.1 Å². The largest absolute Gasteiger partial charge is 0.481 e. The summed E-state index contributed by atoms with van der Waals surface area (Å²) in [6.45, 7) is 1.87. The van der Waals surface area contributed by atoms with E-state index in [4.69, 9.17) is 5.11 Å². The average molecular weight is 290 g/mol. The van der Waals surface area contributed by atoms with Gasteiger partial charge in [-0.3, -0.25) is 4.79 Å². The fourth-order valence-electron chi connectivity index (χ4n) is 1.95. The summed E-state index contributed by atoms with van der Waals surface area (Å²) in [5.41, 5.74) is 3.18. The number of anilines is 1. The Morgan fingerprint density at radius 2 is 1.95 bits per heavy atom. The van der Waals surface area contributed by atoms with Crippen LogP contribution in [0.25, 0.3) is 0 Å². The minimum Gasteiger partial charge on any atom is -0.481 e. The van der Waals surface area contributed by atoms with Crippen molar-refractivity contribution in [2.75, 3.05) is 19.0 Å².